The first-order valence-electron chi connectivity index (χ1n) is 14.6. The van der Waals surface area contributed by atoms with Gasteiger partial charge in [-0.25, -0.2) is 4.79 Å². The van der Waals surface area contributed by atoms with Crippen molar-refractivity contribution in [1.82, 2.24) is 5.32 Å². The third kappa shape index (κ3) is 11.4. The lowest BCUT2D eigenvalue weighted by molar-refractivity contribution is -0.138. The minimum absolute atomic E-state index is 0.0259. The number of primary amides is 1. The van der Waals surface area contributed by atoms with E-state index in [2.05, 4.69) is 16.0 Å². The normalized spacial score (nSPS) is 11.4. The second-order valence-electron chi connectivity index (χ2n) is 10.4. The lowest BCUT2D eigenvalue weighted by Crippen LogP contribution is -2.32. The van der Waals surface area contributed by atoms with Crippen LogP contribution in [0.15, 0.2) is 59.5 Å². The molecule has 0 bridgehead atoms. The van der Waals surface area contributed by atoms with E-state index in [1.54, 1.807) is 0 Å². The predicted octanol–water partition coefficient (Wildman–Crippen LogP) is 5.68. The number of nitrogens with two attached hydrogens (primary N) is 4. The van der Waals surface area contributed by atoms with Crippen molar-refractivity contribution < 1.29 is 40.7 Å². The van der Waals surface area contributed by atoms with E-state index in [4.69, 9.17) is 38.5 Å². The molecule has 270 valence electrons. The summed E-state index contributed by atoms with van der Waals surface area (Å²) >= 11 is 0.951. The Morgan fingerprint density at radius 1 is 0.840 bits per heavy atom. The molecule has 0 radical (unpaired) electrons. The molecular weight excluding hydrogens is 694 g/mol. The third-order valence-corrected chi connectivity index (χ3v) is 7.62. The molecule has 3 rings (SSSR count). The molecule has 0 aliphatic rings. The smallest absolute Gasteiger partial charge is 0.416 e. The van der Waals surface area contributed by atoms with Gasteiger partial charge < -0.3 is 43.6 Å². The van der Waals surface area contributed by atoms with Crippen LogP contribution >= 0.6 is 11.8 Å². The van der Waals surface area contributed by atoms with Gasteiger partial charge in [-0.05, 0) is 49.2 Å². The van der Waals surface area contributed by atoms with Gasteiger partial charge in [-0.1, -0.05) is 6.07 Å². The number of hydrogen-bond donors (Lipinski definition) is 9. The van der Waals surface area contributed by atoms with E-state index in [9.17, 15) is 35.9 Å². The number of ether oxygens (including phenoxy) is 1. The molecule has 0 saturated carbocycles. The van der Waals surface area contributed by atoms with Crippen molar-refractivity contribution in [3.8, 4) is 11.5 Å². The van der Waals surface area contributed by atoms with Gasteiger partial charge in [0.1, 0.15) is 11.5 Å². The summed E-state index contributed by atoms with van der Waals surface area (Å²) < 4.78 is 89.0. The minimum Gasteiger partial charge on any atom is -0.457 e. The summed E-state index contributed by atoms with van der Waals surface area (Å²) in [4.78, 5) is 26.6. The van der Waals surface area contributed by atoms with Gasteiger partial charge >= 0.3 is 18.4 Å². The molecule has 0 atom stereocenters. The fourth-order valence-corrected chi connectivity index (χ4v) is 5.34. The molecule has 50 heavy (non-hydrogen) atoms. The summed E-state index contributed by atoms with van der Waals surface area (Å²) in [5.74, 6) is -1.87. The van der Waals surface area contributed by atoms with Gasteiger partial charge in [-0.3, -0.25) is 20.5 Å². The monoisotopic (exact) mass is 728 g/mol. The summed E-state index contributed by atoms with van der Waals surface area (Å²) in [5, 5.41) is 21.8. The van der Waals surface area contributed by atoms with Crippen molar-refractivity contribution in [2.24, 2.45) is 22.9 Å². The van der Waals surface area contributed by atoms with Crippen molar-refractivity contribution in [3.63, 3.8) is 0 Å². The number of anilines is 4. The molecule has 3 amide bonds. The fraction of sp³-hybridized carbons (Fsp3) is 0.267. The number of amides is 3. The zero-order chi connectivity index (χ0) is 37.2. The highest BCUT2D eigenvalue weighted by Crippen LogP contribution is 2.45. The van der Waals surface area contributed by atoms with Crippen molar-refractivity contribution in [2.75, 3.05) is 34.4 Å². The summed E-state index contributed by atoms with van der Waals surface area (Å²) in [6.45, 7) is 0.369. The van der Waals surface area contributed by atoms with Crippen LogP contribution in [-0.2, 0) is 17.1 Å². The molecule has 0 spiro atoms. The Kier molecular flexibility index (Phi) is 13.2. The number of nitrogens with zero attached hydrogens (tertiary/aromatic N) is 1. The lowest BCUT2D eigenvalue weighted by Gasteiger charge is -2.27. The first-order valence-corrected chi connectivity index (χ1v) is 15.5. The number of nitrogens with one attached hydrogen (secondary N) is 5. The first-order chi connectivity index (χ1) is 23.4. The highest BCUT2D eigenvalue weighted by Gasteiger charge is 2.35. The Labute approximate surface area is 286 Å². The van der Waals surface area contributed by atoms with Crippen LogP contribution in [0.25, 0.3) is 0 Å². The molecule has 0 aromatic heterocycles. The SMILES string of the molecule is N=C(N)NCCCCC(=O)Nc1cc(C(F)(F)F)cc(N(C(N)=O)c2cccc(Oc3cc(NC(=N)N)cc(C(F)(F)F)c3)c2)c1SCCN. The van der Waals surface area contributed by atoms with Crippen molar-refractivity contribution in [2.45, 2.75) is 36.5 Å². The van der Waals surface area contributed by atoms with Crippen LogP contribution in [0, 0.1) is 10.8 Å². The number of unbranched alkanes of at least 4 members (excludes halogenated alkanes) is 1. The predicted molar refractivity (Wildman–Crippen MR) is 179 cm³/mol. The molecule has 20 heteroatoms. The molecule has 13 N–H and O–H groups in total. The Morgan fingerprint density at radius 2 is 1.52 bits per heavy atom. The van der Waals surface area contributed by atoms with E-state index >= 15 is 0 Å². The minimum atomic E-state index is -4.94. The molecule has 0 unspecified atom stereocenters. The first kappa shape index (κ1) is 39.1. The Balaban J connectivity index is 2.09. The van der Waals surface area contributed by atoms with Gasteiger partial charge in [-0.2, -0.15) is 26.3 Å². The zero-order valence-corrected chi connectivity index (χ0v) is 26.9. The number of halogens is 6. The van der Waals surface area contributed by atoms with Crippen molar-refractivity contribution in [3.05, 3.63) is 65.7 Å². The standard InChI is InChI=1S/C30H34F6N10O3S/c31-29(32,33)16-10-18(44-27(40)41)14-21(11-16)49-20-5-3-4-19(15-20)46(28(42)48)23-13-17(30(34,35)36)12-22(25(23)50-9-7-37)45-24(47)6-1-2-8-43-26(38)39/h3-5,10-15H,1-2,6-9,37H2,(H2,42,48)(H,45,47)(H4,38,39,43)(H4,40,41,44). The van der Waals surface area contributed by atoms with Crippen LogP contribution in [0.1, 0.15) is 30.4 Å². The number of hydrogen-bond acceptors (Lipinski definition) is 7. The molecule has 0 fully saturated rings. The van der Waals surface area contributed by atoms with Crippen LogP contribution in [-0.4, -0.2) is 42.7 Å². The topological polar surface area (TPSA) is 234 Å². The Hall–Kier alpha value is -5.37. The van der Waals surface area contributed by atoms with E-state index in [-0.39, 0.29) is 63.8 Å². The number of benzene rings is 3. The van der Waals surface area contributed by atoms with Crippen molar-refractivity contribution >= 4 is 58.4 Å². The number of urea groups is 1. The third-order valence-electron chi connectivity index (χ3n) is 6.47. The molecule has 0 heterocycles. The number of guanidine groups is 2. The molecule has 0 aliphatic heterocycles. The Bertz CT molecular complexity index is 1720. The van der Waals surface area contributed by atoms with Gasteiger partial charge in [0, 0.05) is 43.1 Å². The van der Waals surface area contributed by atoms with Crippen molar-refractivity contribution in [1.29, 1.82) is 10.8 Å². The van der Waals surface area contributed by atoms with E-state index in [0.29, 0.717) is 37.6 Å². The second kappa shape index (κ2) is 16.8. The Morgan fingerprint density at radius 3 is 2.12 bits per heavy atom. The second-order valence-corrected chi connectivity index (χ2v) is 11.5. The number of rotatable bonds is 14. The van der Waals surface area contributed by atoms with E-state index < -0.39 is 41.4 Å². The number of carbonyl (C=O) groups is 2. The number of carbonyl (C=O) groups excluding carboxylic acids is 2. The number of thioether (sulfide) groups is 1. The average molecular weight is 729 g/mol. The number of alkyl halides is 6. The van der Waals surface area contributed by atoms with Crippen LogP contribution in [0.2, 0.25) is 0 Å². The van der Waals surface area contributed by atoms with Gasteiger partial charge in [0.25, 0.3) is 0 Å². The zero-order valence-electron chi connectivity index (χ0n) is 26.1. The van der Waals surface area contributed by atoms with Crippen LogP contribution in [0.3, 0.4) is 0 Å². The molecule has 3 aromatic carbocycles. The average Bonchev–Trinajstić information content (AvgIpc) is 2.99. The highest BCUT2D eigenvalue weighted by atomic mass is 32.2. The fourth-order valence-electron chi connectivity index (χ4n) is 4.45. The molecule has 13 nitrogen and oxygen atoms in total. The van der Waals surface area contributed by atoms with Crippen LogP contribution in [0.4, 0.5) is 53.9 Å². The maximum Gasteiger partial charge on any atom is 0.416 e. The van der Waals surface area contributed by atoms with Gasteiger partial charge in [-0.15, -0.1) is 11.8 Å². The largest absolute Gasteiger partial charge is 0.457 e. The molecule has 0 aliphatic carbocycles. The van der Waals surface area contributed by atoms with E-state index in [0.717, 1.165) is 34.9 Å². The maximum absolute atomic E-state index is 14.2. The summed E-state index contributed by atoms with van der Waals surface area (Å²) in [6.07, 6.45) is -9.10. The van der Waals surface area contributed by atoms with E-state index in [1.165, 1.54) is 18.2 Å². The van der Waals surface area contributed by atoms with E-state index in [1.807, 2.05) is 0 Å². The summed E-state index contributed by atoms with van der Waals surface area (Å²) in [5.41, 5.74) is 18.5. The van der Waals surface area contributed by atoms with Crippen LogP contribution in [0.5, 0.6) is 11.5 Å². The highest BCUT2D eigenvalue weighted by molar-refractivity contribution is 7.99. The van der Waals surface area contributed by atoms with Gasteiger partial charge in [0.05, 0.1) is 33.1 Å². The van der Waals surface area contributed by atoms with Gasteiger partial charge in [0.2, 0.25) is 5.91 Å². The quantitative estimate of drug-likeness (QED) is 0.0326. The summed E-state index contributed by atoms with van der Waals surface area (Å²) in [6, 6.07) is 7.76. The molecule has 3 aromatic rings. The molecular formula is C30H34F6N10O3S. The molecule has 0 saturated heterocycles. The maximum atomic E-state index is 14.2. The van der Waals surface area contributed by atoms with Crippen LogP contribution < -0.4 is 48.5 Å². The van der Waals surface area contributed by atoms with Gasteiger partial charge in [0.15, 0.2) is 11.9 Å². The summed E-state index contributed by atoms with van der Waals surface area (Å²) in [7, 11) is 0. The lowest BCUT2D eigenvalue weighted by atomic mass is 10.1.